The molecule has 0 aliphatic carbocycles. The van der Waals surface area contributed by atoms with Crippen molar-refractivity contribution in [2.45, 2.75) is 6.92 Å². The van der Waals surface area contributed by atoms with Crippen molar-refractivity contribution in [2.24, 2.45) is 10.2 Å². The summed E-state index contributed by atoms with van der Waals surface area (Å²) in [5.41, 5.74) is 5.37. The number of hydrogen-bond acceptors (Lipinski definition) is 5. The Labute approximate surface area is 167 Å². The zero-order valence-corrected chi connectivity index (χ0v) is 16.1. The normalized spacial score (nSPS) is 13.3. The van der Waals surface area contributed by atoms with Crippen LogP contribution in [0.25, 0.3) is 22.7 Å². The number of azo groups is 1. The van der Waals surface area contributed by atoms with E-state index in [4.69, 9.17) is 0 Å². The summed E-state index contributed by atoms with van der Waals surface area (Å²) in [4.78, 5) is 7.39. The SMILES string of the molecule is CNc1ccc(C2=c3ccc(=Cc4c(O)[nH]c5ccc(C)cc45)cc3N=N2)cn1. The molecular weight excluding hydrogens is 362 g/mol. The Kier molecular flexibility index (Phi) is 3.91. The minimum atomic E-state index is 0.163. The van der Waals surface area contributed by atoms with Crippen LogP contribution in [0.3, 0.4) is 0 Å². The fraction of sp³-hybridized carbons (Fsp3) is 0.0870. The van der Waals surface area contributed by atoms with Gasteiger partial charge in [-0.1, -0.05) is 17.7 Å². The van der Waals surface area contributed by atoms with E-state index in [-0.39, 0.29) is 5.88 Å². The molecule has 0 fully saturated rings. The molecule has 0 bridgehead atoms. The average molecular weight is 381 g/mol. The molecule has 3 N–H and O–H groups in total. The molecule has 1 aliphatic heterocycles. The van der Waals surface area contributed by atoms with Crippen molar-refractivity contribution in [3.05, 3.63) is 81.9 Å². The lowest BCUT2D eigenvalue weighted by atomic mass is 10.1. The van der Waals surface area contributed by atoms with Gasteiger partial charge in [-0.25, -0.2) is 4.98 Å². The van der Waals surface area contributed by atoms with Crippen molar-refractivity contribution in [2.75, 3.05) is 12.4 Å². The number of aryl methyl sites for hydroxylation is 1. The maximum absolute atomic E-state index is 10.4. The summed E-state index contributed by atoms with van der Waals surface area (Å²) >= 11 is 0. The number of aromatic amines is 1. The molecule has 3 heterocycles. The molecule has 29 heavy (non-hydrogen) atoms. The van der Waals surface area contributed by atoms with E-state index in [0.717, 1.165) is 55.2 Å². The average Bonchev–Trinajstić information content (AvgIpc) is 3.29. The van der Waals surface area contributed by atoms with E-state index >= 15 is 0 Å². The highest BCUT2D eigenvalue weighted by Crippen LogP contribution is 2.28. The molecule has 0 spiro atoms. The standard InChI is InChI=1S/C23H19N5O/c1-13-3-7-19-17(9-13)18(23(29)26-19)10-14-4-6-16-20(11-14)27-28-22(16)15-5-8-21(24-2)25-12-15/h3-12,26,29H,1-2H3,(H,24,25). The van der Waals surface area contributed by atoms with Crippen LogP contribution in [0.2, 0.25) is 0 Å². The maximum atomic E-state index is 10.4. The van der Waals surface area contributed by atoms with Gasteiger partial charge in [-0.2, -0.15) is 0 Å². The number of nitrogens with one attached hydrogen (secondary N) is 2. The van der Waals surface area contributed by atoms with Crippen molar-refractivity contribution in [3.8, 4) is 5.88 Å². The minimum Gasteiger partial charge on any atom is -0.494 e. The lowest BCUT2D eigenvalue weighted by molar-refractivity contribution is 0.457. The van der Waals surface area contributed by atoms with Gasteiger partial charge in [0.25, 0.3) is 0 Å². The number of pyridine rings is 1. The molecule has 4 aromatic rings. The molecule has 0 radical (unpaired) electrons. The van der Waals surface area contributed by atoms with Gasteiger partial charge in [0.1, 0.15) is 11.5 Å². The van der Waals surface area contributed by atoms with E-state index in [2.05, 4.69) is 31.6 Å². The second kappa shape index (κ2) is 6.60. The topological polar surface area (TPSA) is 85.7 Å². The molecule has 2 aromatic carbocycles. The highest BCUT2D eigenvalue weighted by Gasteiger charge is 2.12. The molecule has 6 nitrogen and oxygen atoms in total. The van der Waals surface area contributed by atoms with Gasteiger partial charge in [-0.15, -0.1) is 10.2 Å². The van der Waals surface area contributed by atoms with Crippen LogP contribution < -0.4 is 15.8 Å². The van der Waals surface area contributed by atoms with E-state index in [9.17, 15) is 5.11 Å². The first-order valence-electron chi connectivity index (χ1n) is 9.36. The van der Waals surface area contributed by atoms with Gasteiger partial charge in [0.2, 0.25) is 0 Å². The van der Waals surface area contributed by atoms with E-state index < -0.39 is 0 Å². The zero-order chi connectivity index (χ0) is 20.0. The van der Waals surface area contributed by atoms with Gasteiger partial charge in [0.05, 0.1) is 5.69 Å². The summed E-state index contributed by atoms with van der Waals surface area (Å²) in [7, 11) is 1.84. The first-order valence-corrected chi connectivity index (χ1v) is 9.36. The number of aromatic hydroxyl groups is 1. The molecule has 0 saturated heterocycles. The quantitative estimate of drug-likeness (QED) is 0.506. The predicted octanol–water partition coefficient (Wildman–Crippen LogP) is 3.70. The van der Waals surface area contributed by atoms with Crippen molar-refractivity contribution >= 4 is 34.2 Å². The van der Waals surface area contributed by atoms with Crippen LogP contribution in [0.5, 0.6) is 5.88 Å². The van der Waals surface area contributed by atoms with Crippen LogP contribution in [0, 0.1) is 6.92 Å². The second-order valence-corrected chi connectivity index (χ2v) is 7.09. The Morgan fingerprint density at radius 2 is 1.93 bits per heavy atom. The number of H-pyrrole nitrogens is 1. The van der Waals surface area contributed by atoms with Crippen LogP contribution >= 0.6 is 0 Å². The lowest BCUT2D eigenvalue weighted by Crippen LogP contribution is -2.09. The number of nitrogens with zero attached hydrogens (tertiary/aromatic N) is 3. The number of rotatable bonds is 3. The van der Waals surface area contributed by atoms with Gasteiger partial charge in [0.15, 0.2) is 5.88 Å². The number of anilines is 1. The van der Waals surface area contributed by atoms with Crippen LogP contribution in [0.15, 0.2) is 65.0 Å². The van der Waals surface area contributed by atoms with Crippen molar-refractivity contribution in [3.63, 3.8) is 0 Å². The Morgan fingerprint density at radius 3 is 2.72 bits per heavy atom. The highest BCUT2D eigenvalue weighted by atomic mass is 16.3. The van der Waals surface area contributed by atoms with Gasteiger partial charge < -0.3 is 15.4 Å². The largest absolute Gasteiger partial charge is 0.494 e. The highest BCUT2D eigenvalue weighted by molar-refractivity contribution is 5.92. The van der Waals surface area contributed by atoms with Crippen LogP contribution in [0.1, 0.15) is 16.7 Å². The molecule has 2 aromatic heterocycles. The molecule has 0 amide bonds. The predicted molar refractivity (Wildman–Crippen MR) is 115 cm³/mol. The van der Waals surface area contributed by atoms with E-state index in [0.29, 0.717) is 0 Å². The number of fused-ring (bicyclic) bond motifs is 2. The van der Waals surface area contributed by atoms with Crippen LogP contribution in [-0.2, 0) is 0 Å². The van der Waals surface area contributed by atoms with Crippen molar-refractivity contribution in [1.82, 2.24) is 9.97 Å². The summed E-state index contributed by atoms with van der Waals surface area (Å²) in [5.74, 6) is 0.971. The summed E-state index contributed by atoms with van der Waals surface area (Å²) < 4.78 is 0. The Morgan fingerprint density at radius 1 is 1.03 bits per heavy atom. The third-order valence-electron chi connectivity index (χ3n) is 5.11. The zero-order valence-electron chi connectivity index (χ0n) is 16.1. The fourth-order valence-electron chi connectivity index (χ4n) is 3.60. The number of aromatic nitrogens is 2. The molecular formula is C23H19N5O. The summed E-state index contributed by atoms with van der Waals surface area (Å²) in [6, 6.07) is 16.0. The van der Waals surface area contributed by atoms with Crippen LogP contribution in [0.4, 0.5) is 11.5 Å². The second-order valence-electron chi connectivity index (χ2n) is 7.09. The Balaban J connectivity index is 1.62. The lowest BCUT2D eigenvalue weighted by Gasteiger charge is -2.01. The van der Waals surface area contributed by atoms with Crippen molar-refractivity contribution < 1.29 is 5.11 Å². The maximum Gasteiger partial charge on any atom is 0.196 e. The molecule has 0 saturated carbocycles. The van der Waals surface area contributed by atoms with Gasteiger partial charge >= 0.3 is 0 Å². The van der Waals surface area contributed by atoms with Gasteiger partial charge in [-0.05, 0) is 54.6 Å². The first-order chi connectivity index (χ1) is 14.1. The molecule has 142 valence electrons. The Hall–Kier alpha value is -3.93. The Bertz CT molecular complexity index is 1400. The van der Waals surface area contributed by atoms with Gasteiger partial charge in [0, 0.05) is 40.5 Å². The van der Waals surface area contributed by atoms with E-state index in [1.807, 2.05) is 62.5 Å². The summed E-state index contributed by atoms with van der Waals surface area (Å²) in [6.07, 6.45) is 3.76. The van der Waals surface area contributed by atoms with E-state index in [1.165, 1.54) is 0 Å². The summed E-state index contributed by atoms with van der Waals surface area (Å²) in [5, 5.41) is 25.0. The third kappa shape index (κ3) is 2.95. The van der Waals surface area contributed by atoms with Crippen molar-refractivity contribution in [1.29, 1.82) is 0 Å². The third-order valence-corrected chi connectivity index (χ3v) is 5.11. The molecule has 0 unspecified atom stereocenters. The fourth-order valence-corrected chi connectivity index (χ4v) is 3.60. The monoisotopic (exact) mass is 381 g/mol. The number of hydrogen-bond donors (Lipinski definition) is 3. The first kappa shape index (κ1) is 17.2. The molecule has 0 atom stereocenters. The van der Waals surface area contributed by atoms with Gasteiger partial charge in [-0.3, -0.25) is 0 Å². The summed E-state index contributed by atoms with van der Waals surface area (Å²) in [6.45, 7) is 2.04. The van der Waals surface area contributed by atoms with E-state index in [1.54, 1.807) is 6.20 Å². The molecule has 1 aliphatic rings. The van der Waals surface area contributed by atoms with Crippen LogP contribution in [-0.4, -0.2) is 22.1 Å². The number of benzene rings is 2. The minimum absolute atomic E-state index is 0.163. The smallest absolute Gasteiger partial charge is 0.196 e. The molecule has 6 heteroatoms. The molecule has 5 rings (SSSR count).